The first-order valence-corrected chi connectivity index (χ1v) is 5.88. The summed E-state index contributed by atoms with van der Waals surface area (Å²) in [6, 6.07) is 20.1. The minimum Gasteiger partial charge on any atom is -0.303 e. The maximum absolute atomic E-state index is 11.3. The molecule has 0 N–H and O–H groups in total. The second-order valence-electron chi connectivity index (χ2n) is 4.27. The fourth-order valence-corrected chi connectivity index (χ4v) is 2.12. The lowest BCUT2D eigenvalue weighted by Gasteiger charge is -2.19. The topological polar surface area (TPSA) is 17.1 Å². The van der Waals surface area contributed by atoms with Crippen molar-refractivity contribution in [3.8, 4) is 0 Å². The van der Waals surface area contributed by atoms with Crippen LogP contribution in [0.5, 0.6) is 0 Å². The van der Waals surface area contributed by atoms with E-state index in [9.17, 15) is 4.79 Å². The van der Waals surface area contributed by atoms with E-state index in [1.807, 2.05) is 48.5 Å². The van der Waals surface area contributed by atoms with Crippen LogP contribution in [0.4, 0.5) is 0 Å². The molecular formula is C16H16O. The van der Waals surface area contributed by atoms with Gasteiger partial charge in [0.25, 0.3) is 0 Å². The number of rotatable bonds is 4. The lowest BCUT2D eigenvalue weighted by atomic mass is 9.84. The lowest BCUT2D eigenvalue weighted by Crippen LogP contribution is -2.09. The normalized spacial score (nSPS) is 13.9. The van der Waals surface area contributed by atoms with Gasteiger partial charge in [-0.25, -0.2) is 0 Å². The van der Waals surface area contributed by atoms with Crippen LogP contribution in [0.3, 0.4) is 0 Å². The number of hydrogen-bond donors (Lipinski definition) is 0. The number of carbonyl (C=O) groups is 1. The zero-order valence-electron chi connectivity index (χ0n) is 9.91. The van der Waals surface area contributed by atoms with Crippen LogP contribution in [-0.2, 0) is 4.79 Å². The van der Waals surface area contributed by atoms with Crippen molar-refractivity contribution in [2.24, 2.45) is 0 Å². The summed E-state index contributed by atoms with van der Waals surface area (Å²) in [5.41, 5.74) is 2.28. The Balaban J connectivity index is 2.28. The van der Waals surface area contributed by atoms with Crippen molar-refractivity contribution in [3.05, 3.63) is 71.8 Å². The summed E-state index contributed by atoms with van der Waals surface area (Å²) >= 11 is 0. The van der Waals surface area contributed by atoms with Crippen LogP contribution in [0.25, 0.3) is 0 Å². The van der Waals surface area contributed by atoms with E-state index in [0.29, 0.717) is 0 Å². The predicted octanol–water partition coefficient (Wildman–Crippen LogP) is 3.77. The molecule has 2 unspecified atom stereocenters. The minimum absolute atomic E-state index is 0.0707. The fraction of sp³-hybridized carbons (Fsp3) is 0.188. The quantitative estimate of drug-likeness (QED) is 0.722. The van der Waals surface area contributed by atoms with Crippen LogP contribution in [-0.4, -0.2) is 6.29 Å². The molecule has 0 saturated carbocycles. The molecule has 2 aromatic carbocycles. The van der Waals surface area contributed by atoms with Crippen molar-refractivity contribution in [1.29, 1.82) is 0 Å². The van der Waals surface area contributed by atoms with E-state index < -0.39 is 0 Å². The standard InChI is InChI=1S/C16H16O/c1-13(14-8-4-2-5-9-14)16(12-17)15-10-6-3-7-11-15/h2-13,16H,1H3. The first-order chi connectivity index (χ1) is 8.33. The molecule has 0 heterocycles. The predicted molar refractivity (Wildman–Crippen MR) is 70.1 cm³/mol. The summed E-state index contributed by atoms with van der Waals surface area (Å²) in [5.74, 6) is 0.134. The van der Waals surface area contributed by atoms with Gasteiger partial charge in [-0.05, 0) is 17.0 Å². The molecule has 0 aliphatic rings. The molecule has 0 aromatic heterocycles. The largest absolute Gasteiger partial charge is 0.303 e. The molecule has 86 valence electrons. The van der Waals surface area contributed by atoms with Crippen molar-refractivity contribution in [3.63, 3.8) is 0 Å². The van der Waals surface area contributed by atoms with Crippen molar-refractivity contribution >= 4 is 6.29 Å². The molecule has 0 aliphatic carbocycles. The molecule has 0 amide bonds. The molecule has 2 rings (SSSR count). The Morgan fingerprint density at radius 2 is 1.29 bits per heavy atom. The van der Waals surface area contributed by atoms with Gasteiger partial charge in [0.05, 0.1) is 0 Å². The summed E-state index contributed by atoms with van der Waals surface area (Å²) in [6.45, 7) is 2.10. The molecule has 1 nitrogen and oxygen atoms in total. The zero-order chi connectivity index (χ0) is 12.1. The maximum Gasteiger partial charge on any atom is 0.128 e. The first-order valence-electron chi connectivity index (χ1n) is 5.88. The number of carbonyl (C=O) groups excluding carboxylic acids is 1. The van der Waals surface area contributed by atoms with Crippen molar-refractivity contribution in [2.45, 2.75) is 18.8 Å². The zero-order valence-corrected chi connectivity index (χ0v) is 9.91. The molecule has 0 saturated heterocycles. The highest BCUT2D eigenvalue weighted by molar-refractivity contribution is 5.64. The SMILES string of the molecule is CC(c1ccccc1)C(C=O)c1ccccc1. The summed E-state index contributed by atoms with van der Waals surface area (Å²) < 4.78 is 0. The number of benzene rings is 2. The molecule has 1 heteroatoms. The van der Waals surface area contributed by atoms with Gasteiger partial charge in [-0.2, -0.15) is 0 Å². The maximum atomic E-state index is 11.3. The molecule has 0 bridgehead atoms. The molecule has 0 aliphatic heterocycles. The smallest absolute Gasteiger partial charge is 0.128 e. The van der Waals surface area contributed by atoms with E-state index in [1.54, 1.807) is 0 Å². The van der Waals surface area contributed by atoms with Gasteiger partial charge < -0.3 is 4.79 Å². The summed E-state index contributed by atoms with van der Waals surface area (Å²) in [4.78, 5) is 11.3. The summed E-state index contributed by atoms with van der Waals surface area (Å²) in [5, 5.41) is 0. The Bertz CT molecular complexity index is 461. The Morgan fingerprint density at radius 1 is 0.824 bits per heavy atom. The van der Waals surface area contributed by atoms with Crippen molar-refractivity contribution in [1.82, 2.24) is 0 Å². The average Bonchev–Trinajstić information content (AvgIpc) is 2.42. The van der Waals surface area contributed by atoms with Gasteiger partial charge in [-0.1, -0.05) is 67.6 Å². The third-order valence-corrected chi connectivity index (χ3v) is 3.20. The Labute approximate surface area is 102 Å². The molecule has 0 radical (unpaired) electrons. The monoisotopic (exact) mass is 224 g/mol. The molecular weight excluding hydrogens is 208 g/mol. The van der Waals surface area contributed by atoms with E-state index in [-0.39, 0.29) is 11.8 Å². The van der Waals surface area contributed by atoms with E-state index in [0.717, 1.165) is 11.8 Å². The van der Waals surface area contributed by atoms with Crippen molar-refractivity contribution in [2.75, 3.05) is 0 Å². The summed E-state index contributed by atoms with van der Waals surface area (Å²) in [6.07, 6.45) is 1.05. The van der Waals surface area contributed by atoms with Crippen LogP contribution >= 0.6 is 0 Å². The van der Waals surface area contributed by atoms with Crippen LogP contribution in [0.2, 0.25) is 0 Å². The van der Waals surface area contributed by atoms with E-state index in [2.05, 4.69) is 19.1 Å². The molecule has 2 aromatic rings. The molecule has 0 fully saturated rings. The van der Waals surface area contributed by atoms with E-state index >= 15 is 0 Å². The molecule has 2 atom stereocenters. The first kappa shape index (κ1) is 11.6. The Hall–Kier alpha value is -1.89. The highest BCUT2D eigenvalue weighted by Crippen LogP contribution is 2.30. The number of aldehydes is 1. The van der Waals surface area contributed by atoms with Gasteiger partial charge in [0.2, 0.25) is 0 Å². The van der Waals surface area contributed by atoms with Gasteiger partial charge in [-0.3, -0.25) is 0 Å². The minimum atomic E-state index is -0.0707. The van der Waals surface area contributed by atoms with Gasteiger partial charge in [0.1, 0.15) is 6.29 Å². The highest BCUT2D eigenvalue weighted by atomic mass is 16.1. The fourth-order valence-electron chi connectivity index (χ4n) is 2.12. The molecule has 0 spiro atoms. The van der Waals surface area contributed by atoms with E-state index in [1.165, 1.54) is 5.56 Å². The lowest BCUT2D eigenvalue weighted by molar-refractivity contribution is -0.109. The van der Waals surface area contributed by atoms with Gasteiger partial charge >= 0.3 is 0 Å². The highest BCUT2D eigenvalue weighted by Gasteiger charge is 2.19. The molecule has 17 heavy (non-hydrogen) atoms. The second-order valence-corrected chi connectivity index (χ2v) is 4.27. The van der Waals surface area contributed by atoms with Crippen LogP contribution < -0.4 is 0 Å². The number of hydrogen-bond acceptors (Lipinski definition) is 1. The van der Waals surface area contributed by atoms with Gasteiger partial charge in [0, 0.05) is 5.92 Å². The van der Waals surface area contributed by atoms with Crippen LogP contribution in [0.15, 0.2) is 60.7 Å². The van der Waals surface area contributed by atoms with Crippen molar-refractivity contribution < 1.29 is 4.79 Å². The van der Waals surface area contributed by atoms with E-state index in [4.69, 9.17) is 0 Å². The Kier molecular flexibility index (Phi) is 3.71. The van der Waals surface area contributed by atoms with Crippen LogP contribution in [0, 0.1) is 0 Å². The van der Waals surface area contributed by atoms with Crippen LogP contribution in [0.1, 0.15) is 29.9 Å². The average molecular weight is 224 g/mol. The van der Waals surface area contributed by atoms with Gasteiger partial charge in [0.15, 0.2) is 0 Å². The third-order valence-electron chi connectivity index (χ3n) is 3.20. The van der Waals surface area contributed by atoms with Gasteiger partial charge in [-0.15, -0.1) is 0 Å². The second kappa shape index (κ2) is 5.44. The Morgan fingerprint density at radius 3 is 1.76 bits per heavy atom. The third kappa shape index (κ3) is 2.62. The summed E-state index contributed by atoms with van der Waals surface area (Å²) in [7, 11) is 0.